The molecule has 5 nitrogen and oxygen atoms in total. The van der Waals surface area contributed by atoms with Gasteiger partial charge in [-0.2, -0.15) is 0 Å². The summed E-state index contributed by atoms with van der Waals surface area (Å²) in [6.45, 7) is 1.64. The van der Waals surface area contributed by atoms with Gasteiger partial charge >= 0.3 is 0 Å². The van der Waals surface area contributed by atoms with Crippen molar-refractivity contribution in [1.29, 1.82) is 0 Å². The molecule has 1 aromatic heterocycles. The smallest absolute Gasteiger partial charge is 0.144 e. The van der Waals surface area contributed by atoms with E-state index in [2.05, 4.69) is 15.3 Å². The molecule has 0 saturated carbocycles. The van der Waals surface area contributed by atoms with Crippen molar-refractivity contribution in [3.63, 3.8) is 0 Å². The van der Waals surface area contributed by atoms with Gasteiger partial charge in [-0.05, 0) is 12.8 Å². The van der Waals surface area contributed by atoms with Crippen LogP contribution in [0.3, 0.4) is 0 Å². The lowest BCUT2D eigenvalue weighted by atomic mass is 10.1. The fourth-order valence-corrected chi connectivity index (χ4v) is 1.46. The summed E-state index contributed by atoms with van der Waals surface area (Å²) >= 11 is 0. The lowest BCUT2D eigenvalue weighted by Crippen LogP contribution is -2.28. The zero-order valence-corrected chi connectivity index (χ0v) is 7.94. The first-order valence-corrected chi connectivity index (χ1v) is 4.76. The number of nitrogens with one attached hydrogen (secondary N) is 1. The molecule has 14 heavy (non-hydrogen) atoms. The van der Waals surface area contributed by atoms with E-state index in [0.29, 0.717) is 11.9 Å². The molecule has 0 aromatic carbocycles. The van der Waals surface area contributed by atoms with Gasteiger partial charge in [-0.25, -0.2) is 9.97 Å². The Morgan fingerprint density at radius 2 is 2.07 bits per heavy atom. The van der Waals surface area contributed by atoms with Gasteiger partial charge in [0.15, 0.2) is 0 Å². The van der Waals surface area contributed by atoms with Gasteiger partial charge in [0.1, 0.15) is 11.6 Å². The highest BCUT2D eigenvalue weighted by atomic mass is 16.5. The highest BCUT2D eigenvalue weighted by Crippen LogP contribution is 2.12. The molecule has 76 valence electrons. The van der Waals surface area contributed by atoms with E-state index in [1.54, 1.807) is 12.4 Å². The maximum absolute atomic E-state index is 5.44. The van der Waals surface area contributed by atoms with Crippen LogP contribution in [0.2, 0.25) is 0 Å². The number of nitrogens with zero attached hydrogens (tertiary/aromatic N) is 2. The molecule has 2 heterocycles. The maximum atomic E-state index is 5.44. The minimum Gasteiger partial charge on any atom is -0.382 e. The highest BCUT2D eigenvalue weighted by molar-refractivity contribution is 5.36. The molecule has 0 radical (unpaired) electrons. The predicted octanol–water partition coefficient (Wildman–Crippen LogP) is 0.650. The van der Waals surface area contributed by atoms with Crippen LogP contribution in [0.1, 0.15) is 12.8 Å². The minimum absolute atomic E-state index is 0.446. The molecular formula is C9H14N4O. The van der Waals surface area contributed by atoms with Crippen molar-refractivity contribution in [1.82, 2.24) is 9.97 Å². The van der Waals surface area contributed by atoms with Crippen molar-refractivity contribution >= 4 is 11.6 Å². The number of anilines is 2. The summed E-state index contributed by atoms with van der Waals surface area (Å²) in [6, 6.07) is 0.446. The number of nitrogens with two attached hydrogens (primary N) is 1. The van der Waals surface area contributed by atoms with E-state index in [0.717, 1.165) is 31.9 Å². The molecule has 1 aliphatic rings. The molecule has 0 spiro atoms. The van der Waals surface area contributed by atoms with Gasteiger partial charge in [0.05, 0.1) is 12.4 Å². The van der Waals surface area contributed by atoms with Crippen molar-refractivity contribution in [3.05, 3.63) is 12.4 Å². The second-order valence-electron chi connectivity index (χ2n) is 3.36. The summed E-state index contributed by atoms with van der Waals surface area (Å²) in [7, 11) is 0. The third kappa shape index (κ3) is 2.32. The van der Waals surface area contributed by atoms with Crippen LogP contribution in [-0.4, -0.2) is 29.2 Å². The lowest BCUT2D eigenvalue weighted by Gasteiger charge is -2.23. The van der Waals surface area contributed by atoms with E-state index in [4.69, 9.17) is 10.5 Å². The molecule has 0 aliphatic carbocycles. The monoisotopic (exact) mass is 194 g/mol. The van der Waals surface area contributed by atoms with E-state index >= 15 is 0 Å². The van der Waals surface area contributed by atoms with Gasteiger partial charge in [0.2, 0.25) is 0 Å². The van der Waals surface area contributed by atoms with Crippen LogP contribution in [0.25, 0.3) is 0 Å². The molecule has 1 saturated heterocycles. The molecule has 5 heteroatoms. The molecular weight excluding hydrogens is 180 g/mol. The van der Waals surface area contributed by atoms with E-state index in [1.807, 2.05) is 0 Å². The van der Waals surface area contributed by atoms with E-state index in [1.165, 1.54) is 0 Å². The molecule has 1 fully saturated rings. The molecule has 0 bridgehead atoms. The summed E-state index contributed by atoms with van der Waals surface area (Å²) in [5.41, 5.74) is 5.44. The van der Waals surface area contributed by atoms with Gasteiger partial charge in [0.25, 0.3) is 0 Å². The fraction of sp³-hybridized carbons (Fsp3) is 0.556. The van der Waals surface area contributed by atoms with Crippen molar-refractivity contribution in [3.8, 4) is 0 Å². The highest BCUT2D eigenvalue weighted by Gasteiger charge is 2.13. The van der Waals surface area contributed by atoms with Gasteiger partial charge in [-0.3, -0.25) is 0 Å². The maximum Gasteiger partial charge on any atom is 0.144 e. The first kappa shape index (κ1) is 9.21. The molecule has 3 N–H and O–H groups in total. The molecule has 0 atom stereocenters. The molecule has 1 aliphatic heterocycles. The molecule has 0 unspecified atom stereocenters. The summed E-state index contributed by atoms with van der Waals surface area (Å²) in [5.74, 6) is 1.23. The Balaban J connectivity index is 1.92. The Morgan fingerprint density at radius 1 is 1.29 bits per heavy atom. The lowest BCUT2D eigenvalue weighted by molar-refractivity contribution is 0.0904. The second kappa shape index (κ2) is 4.23. The van der Waals surface area contributed by atoms with E-state index < -0.39 is 0 Å². The van der Waals surface area contributed by atoms with E-state index in [-0.39, 0.29) is 0 Å². The number of hydrogen-bond donors (Lipinski definition) is 2. The van der Waals surface area contributed by atoms with Crippen molar-refractivity contribution < 1.29 is 4.74 Å². The van der Waals surface area contributed by atoms with Crippen LogP contribution in [0, 0.1) is 0 Å². The third-order valence-electron chi connectivity index (χ3n) is 2.25. The van der Waals surface area contributed by atoms with Gasteiger partial charge < -0.3 is 15.8 Å². The average Bonchev–Trinajstić information content (AvgIpc) is 2.23. The SMILES string of the molecule is Nc1cnc(NC2CCOCC2)cn1. The van der Waals surface area contributed by atoms with Crippen molar-refractivity contribution in [2.75, 3.05) is 24.3 Å². The van der Waals surface area contributed by atoms with Crippen molar-refractivity contribution in [2.24, 2.45) is 0 Å². The normalized spacial score (nSPS) is 18.0. The molecule has 2 rings (SSSR count). The van der Waals surface area contributed by atoms with Crippen LogP contribution in [0.5, 0.6) is 0 Å². The third-order valence-corrected chi connectivity index (χ3v) is 2.25. The summed E-state index contributed by atoms with van der Waals surface area (Å²) in [6.07, 6.45) is 5.25. The molecule has 0 amide bonds. The second-order valence-corrected chi connectivity index (χ2v) is 3.36. The summed E-state index contributed by atoms with van der Waals surface area (Å²) < 4.78 is 5.26. The number of rotatable bonds is 2. The number of nitrogen functional groups attached to an aromatic ring is 1. The van der Waals surface area contributed by atoms with E-state index in [9.17, 15) is 0 Å². The minimum atomic E-state index is 0.446. The summed E-state index contributed by atoms with van der Waals surface area (Å²) in [4.78, 5) is 8.10. The van der Waals surface area contributed by atoms with Crippen LogP contribution in [0.4, 0.5) is 11.6 Å². The predicted molar refractivity (Wildman–Crippen MR) is 53.9 cm³/mol. The quantitative estimate of drug-likeness (QED) is 0.723. The molecule has 1 aromatic rings. The first-order valence-electron chi connectivity index (χ1n) is 4.76. The van der Waals surface area contributed by atoms with Crippen molar-refractivity contribution in [2.45, 2.75) is 18.9 Å². The number of ether oxygens (including phenoxy) is 1. The van der Waals surface area contributed by atoms with Crippen LogP contribution < -0.4 is 11.1 Å². The Kier molecular flexibility index (Phi) is 2.78. The average molecular weight is 194 g/mol. The topological polar surface area (TPSA) is 73.1 Å². The van der Waals surface area contributed by atoms with Gasteiger partial charge in [-0.15, -0.1) is 0 Å². The summed E-state index contributed by atoms with van der Waals surface area (Å²) in [5, 5.41) is 3.30. The zero-order valence-electron chi connectivity index (χ0n) is 7.94. The zero-order chi connectivity index (χ0) is 9.80. The Labute approximate surface area is 82.7 Å². The largest absolute Gasteiger partial charge is 0.382 e. The Hall–Kier alpha value is -1.36. The van der Waals surface area contributed by atoms with Crippen LogP contribution >= 0.6 is 0 Å². The number of aromatic nitrogens is 2. The first-order chi connectivity index (χ1) is 6.84. The fourth-order valence-electron chi connectivity index (χ4n) is 1.46. The number of hydrogen-bond acceptors (Lipinski definition) is 5. The van der Waals surface area contributed by atoms with Crippen LogP contribution in [0.15, 0.2) is 12.4 Å². The Bertz CT molecular complexity index is 281. The van der Waals surface area contributed by atoms with Crippen LogP contribution in [-0.2, 0) is 4.74 Å². The van der Waals surface area contributed by atoms with Gasteiger partial charge in [-0.1, -0.05) is 0 Å². The van der Waals surface area contributed by atoms with Gasteiger partial charge in [0, 0.05) is 19.3 Å². The Morgan fingerprint density at radius 3 is 2.71 bits per heavy atom. The standard InChI is InChI=1S/C9H14N4O/c10-8-5-12-9(6-11-8)13-7-1-3-14-4-2-7/h5-7H,1-4H2,(H2,10,11)(H,12,13).